The first-order valence-electron chi connectivity index (χ1n) is 6.55. The van der Waals surface area contributed by atoms with Crippen molar-refractivity contribution in [3.05, 3.63) is 34.3 Å². The Morgan fingerprint density at radius 1 is 1.47 bits per heavy atom. The summed E-state index contributed by atoms with van der Waals surface area (Å²) in [6, 6.07) is 6.67. The highest BCUT2D eigenvalue weighted by Crippen LogP contribution is 2.29. The number of nitrogens with zero attached hydrogens (tertiary/aromatic N) is 1. The van der Waals surface area contributed by atoms with Crippen molar-refractivity contribution < 1.29 is 9.90 Å². The van der Waals surface area contributed by atoms with Crippen LogP contribution in [-0.4, -0.2) is 23.7 Å². The maximum absolute atomic E-state index is 10.5. The van der Waals surface area contributed by atoms with Gasteiger partial charge in [0.1, 0.15) is 0 Å². The summed E-state index contributed by atoms with van der Waals surface area (Å²) in [5.74, 6) is -0.930. The van der Waals surface area contributed by atoms with Crippen molar-refractivity contribution in [1.82, 2.24) is 0 Å². The highest BCUT2D eigenvalue weighted by atomic mass is 79.9. The molecule has 1 aromatic rings. The van der Waals surface area contributed by atoms with Gasteiger partial charge in [-0.25, -0.2) is 4.79 Å². The molecule has 1 unspecified atom stereocenters. The molecule has 4 heteroatoms. The van der Waals surface area contributed by atoms with Crippen molar-refractivity contribution >= 4 is 33.7 Å². The first-order valence-corrected chi connectivity index (χ1v) is 7.34. The molecule has 1 aliphatic heterocycles. The lowest BCUT2D eigenvalue weighted by Crippen LogP contribution is -2.37. The molecule has 1 atom stereocenters. The molecular formula is C15H18BrNO2. The predicted molar refractivity (Wildman–Crippen MR) is 81.5 cm³/mol. The van der Waals surface area contributed by atoms with Crippen LogP contribution < -0.4 is 4.90 Å². The van der Waals surface area contributed by atoms with Crippen LogP contribution in [0.2, 0.25) is 0 Å². The van der Waals surface area contributed by atoms with Gasteiger partial charge in [0.2, 0.25) is 0 Å². The summed E-state index contributed by atoms with van der Waals surface area (Å²) in [5, 5.41) is 8.65. The average Bonchev–Trinajstić information content (AvgIpc) is 2.37. The minimum absolute atomic E-state index is 0.570. The van der Waals surface area contributed by atoms with Crippen LogP contribution in [0.15, 0.2) is 28.7 Å². The smallest absolute Gasteiger partial charge is 0.328 e. The number of halogens is 1. The fraction of sp³-hybridized carbons (Fsp3) is 0.400. The minimum atomic E-state index is -0.930. The second-order valence-corrected chi connectivity index (χ2v) is 5.77. The quantitative estimate of drug-likeness (QED) is 0.857. The third-order valence-electron chi connectivity index (χ3n) is 3.52. The number of carboxylic acid groups (broad SMARTS) is 1. The lowest BCUT2D eigenvalue weighted by molar-refractivity contribution is -0.131. The number of benzene rings is 1. The average molecular weight is 324 g/mol. The van der Waals surface area contributed by atoms with Gasteiger partial charge in [0.05, 0.1) is 0 Å². The van der Waals surface area contributed by atoms with Gasteiger partial charge in [-0.05, 0) is 50.0 Å². The molecule has 0 radical (unpaired) electrons. The van der Waals surface area contributed by atoms with Gasteiger partial charge in [0.15, 0.2) is 0 Å². The van der Waals surface area contributed by atoms with E-state index in [2.05, 4.69) is 39.9 Å². The van der Waals surface area contributed by atoms with Crippen LogP contribution in [0, 0.1) is 0 Å². The maximum atomic E-state index is 10.5. The van der Waals surface area contributed by atoms with E-state index < -0.39 is 5.97 Å². The molecule has 1 saturated heterocycles. The van der Waals surface area contributed by atoms with E-state index in [4.69, 9.17) is 5.11 Å². The first-order chi connectivity index (χ1) is 9.08. The molecule has 19 heavy (non-hydrogen) atoms. The molecule has 1 N–H and O–H groups in total. The fourth-order valence-corrected chi connectivity index (χ4v) is 2.97. The van der Waals surface area contributed by atoms with Crippen LogP contribution in [0.5, 0.6) is 0 Å². The third kappa shape index (κ3) is 3.60. The van der Waals surface area contributed by atoms with E-state index in [1.54, 1.807) is 6.08 Å². The van der Waals surface area contributed by atoms with Gasteiger partial charge in [0.25, 0.3) is 0 Å². The Labute approximate surface area is 122 Å². The summed E-state index contributed by atoms with van der Waals surface area (Å²) in [5.41, 5.74) is 2.09. The number of carbonyl (C=O) groups is 1. The molecule has 0 aromatic heterocycles. The van der Waals surface area contributed by atoms with E-state index in [1.165, 1.54) is 24.9 Å². The summed E-state index contributed by atoms with van der Waals surface area (Å²) in [6.07, 6.45) is 6.54. The van der Waals surface area contributed by atoms with Gasteiger partial charge in [-0.3, -0.25) is 0 Å². The Bertz CT molecular complexity index is 499. The molecule has 2 rings (SSSR count). The summed E-state index contributed by atoms with van der Waals surface area (Å²) in [7, 11) is 0. The van der Waals surface area contributed by atoms with E-state index in [0.29, 0.717) is 6.04 Å². The molecule has 3 nitrogen and oxygen atoms in total. The standard InChI is InChI=1S/C15H18BrNO2/c1-11-4-2-3-9-17(11)13-7-5-12(14(16)10-13)6-8-15(18)19/h5-8,10-11H,2-4,9H2,1H3,(H,18,19)/b8-6+. The molecule has 1 aliphatic rings. The van der Waals surface area contributed by atoms with Gasteiger partial charge in [-0.2, -0.15) is 0 Å². The Balaban J connectivity index is 2.20. The Kier molecular flexibility index (Phi) is 4.64. The Morgan fingerprint density at radius 3 is 2.89 bits per heavy atom. The van der Waals surface area contributed by atoms with Gasteiger partial charge >= 0.3 is 5.97 Å². The third-order valence-corrected chi connectivity index (χ3v) is 4.21. The van der Waals surface area contributed by atoms with Gasteiger partial charge in [0, 0.05) is 28.8 Å². The summed E-state index contributed by atoms with van der Waals surface area (Å²) in [4.78, 5) is 12.9. The van der Waals surface area contributed by atoms with E-state index >= 15 is 0 Å². The SMILES string of the molecule is CC1CCCCN1c1ccc(/C=C/C(=O)O)c(Br)c1. The number of carboxylic acids is 1. The number of hydrogen-bond acceptors (Lipinski definition) is 2. The molecule has 102 valence electrons. The summed E-state index contributed by atoms with van der Waals surface area (Å²) < 4.78 is 0.931. The van der Waals surface area contributed by atoms with E-state index in [9.17, 15) is 4.79 Å². The van der Waals surface area contributed by atoms with E-state index in [-0.39, 0.29) is 0 Å². The van der Waals surface area contributed by atoms with Crippen LogP contribution in [0.3, 0.4) is 0 Å². The molecule has 0 aliphatic carbocycles. The zero-order valence-corrected chi connectivity index (χ0v) is 12.6. The number of aliphatic carboxylic acids is 1. The van der Waals surface area contributed by atoms with Crippen LogP contribution in [0.1, 0.15) is 31.7 Å². The zero-order valence-electron chi connectivity index (χ0n) is 11.0. The number of rotatable bonds is 3. The highest BCUT2D eigenvalue weighted by molar-refractivity contribution is 9.10. The molecule has 0 spiro atoms. The molecule has 0 amide bonds. The van der Waals surface area contributed by atoms with Crippen molar-refractivity contribution in [2.45, 2.75) is 32.2 Å². The Hall–Kier alpha value is -1.29. The first kappa shape index (κ1) is 14.1. The molecule has 0 saturated carbocycles. The number of anilines is 1. The molecular weight excluding hydrogens is 306 g/mol. The molecule has 1 aromatic carbocycles. The fourth-order valence-electron chi connectivity index (χ4n) is 2.47. The zero-order chi connectivity index (χ0) is 13.8. The molecule has 1 heterocycles. The van der Waals surface area contributed by atoms with Crippen LogP contribution in [0.25, 0.3) is 6.08 Å². The molecule has 1 fully saturated rings. The summed E-state index contributed by atoms with van der Waals surface area (Å²) >= 11 is 3.51. The monoisotopic (exact) mass is 323 g/mol. The number of hydrogen-bond donors (Lipinski definition) is 1. The van der Waals surface area contributed by atoms with Crippen LogP contribution in [0.4, 0.5) is 5.69 Å². The predicted octanol–water partition coefficient (Wildman–Crippen LogP) is 3.93. The van der Waals surface area contributed by atoms with Crippen molar-refractivity contribution in [3.63, 3.8) is 0 Å². The van der Waals surface area contributed by atoms with Crippen LogP contribution in [-0.2, 0) is 4.79 Å². The van der Waals surface area contributed by atoms with Crippen molar-refractivity contribution in [2.75, 3.05) is 11.4 Å². The Morgan fingerprint density at radius 2 is 2.26 bits per heavy atom. The second-order valence-electron chi connectivity index (χ2n) is 4.92. The van der Waals surface area contributed by atoms with Gasteiger partial charge < -0.3 is 10.0 Å². The van der Waals surface area contributed by atoms with Crippen LogP contribution >= 0.6 is 15.9 Å². The number of piperidine rings is 1. The van der Waals surface area contributed by atoms with Crippen molar-refractivity contribution in [3.8, 4) is 0 Å². The largest absolute Gasteiger partial charge is 0.478 e. The lowest BCUT2D eigenvalue weighted by atomic mass is 10.0. The van der Waals surface area contributed by atoms with Crippen molar-refractivity contribution in [2.24, 2.45) is 0 Å². The van der Waals surface area contributed by atoms with Gasteiger partial charge in [-0.15, -0.1) is 0 Å². The lowest BCUT2D eigenvalue weighted by Gasteiger charge is -2.35. The minimum Gasteiger partial charge on any atom is -0.478 e. The summed E-state index contributed by atoms with van der Waals surface area (Å²) in [6.45, 7) is 3.35. The van der Waals surface area contributed by atoms with E-state index in [0.717, 1.165) is 22.7 Å². The topological polar surface area (TPSA) is 40.5 Å². The highest BCUT2D eigenvalue weighted by Gasteiger charge is 2.18. The van der Waals surface area contributed by atoms with E-state index in [1.807, 2.05) is 6.07 Å². The van der Waals surface area contributed by atoms with Gasteiger partial charge in [-0.1, -0.05) is 22.0 Å². The maximum Gasteiger partial charge on any atom is 0.328 e. The second kappa shape index (κ2) is 6.24. The normalized spacial score (nSPS) is 19.9. The molecule has 0 bridgehead atoms. The van der Waals surface area contributed by atoms with Crippen molar-refractivity contribution in [1.29, 1.82) is 0 Å².